The molecule has 2 saturated heterocycles. The zero-order valence-corrected chi connectivity index (χ0v) is 23.7. The van der Waals surface area contributed by atoms with E-state index in [-0.39, 0.29) is 23.6 Å². The molecule has 0 spiro atoms. The lowest BCUT2D eigenvalue weighted by molar-refractivity contribution is -0.385. The smallest absolute Gasteiger partial charge is 0.272 e. The molecule has 0 radical (unpaired) electrons. The van der Waals surface area contributed by atoms with Gasteiger partial charge >= 0.3 is 0 Å². The third-order valence-electron chi connectivity index (χ3n) is 6.82. The van der Waals surface area contributed by atoms with Gasteiger partial charge in [0.1, 0.15) is 5.82 Å². The number of hydrogen-bond acceptors (Lipinski definition) is 9. The Morgan fingerprint density at radius 2 is 1.35 bits per heavy atom. The Morgan fingerprint density at radius 3 is 1.75 bits per heavy atom. The molecule has 2 atom stereocenters. The van der Waals surface area contributed by atoms with E-state index in [2.05, 4.69) is 10.6 Å². The average Bonchev–Trinajstić information content (AvgIpc) is 3.51. The molecule has 2 aliphatic rings. The van der Waals surface area contributed by atoms with Crippen LogP contribution in [0.2, 0.25) is 0 Å². The van der Waals surface area contributed by atoms with Crippen molar-refractivity contribution >= 4 is 22.7 Å². The first-order valence-electron chi connectivity index (χ1n) is 13.5. The van der Waals surface area contributed by atoms with Crippen LogP contribution < -0.4 is 26.2 Å². The minimum atomic E-state index is -0.786. The van der Waals surface area contributed by atoms with E-state index in [1.54, 1.807) is 39.8 Å². The molecule has 12 heteroatoms. The normalized spacial score (nSPS) is 19.5. The average molecular weight is 565 g/mol. The number of nitrogens with one attached hydrogen (secondary N) is 2. The van der Waals surface area contributed by atoms with E-state index in [0.717, 1.165) is 32.0 Å². The van der Waals surface area contributed by atoms with Gasteiger partial charge < -0.3 is 36.4 Å². The minimum Gasteiger partial charge on any atom is -0.399 e. The van der Waals surface area contributed by atoms with Crippen LogP contribution in [-0.4, -0.2) is 77.7 Å². The fraction of sp³-hybridized carbons (Fsp3) is 0.571. The lowest BCUT2D eigenvalue weighted by atomic mass is 10.1. The third kappa shape index (κ3) is 9.54. The van der Waals surface area contributed by atoms with Gasteiger partial charge in [0.2, 0.25) is 0 Å². The molecule has 222 valence electrons. The number of halogens is 2. The Labute approximate surface area is 234 Å². The Hall–Kier alpha value is -3.06. The van der Waals surface area contributed by atoms with Crippen molar-refractivity contribution in [1.29, 1.82) is 0 Å². The molecule has 2 aromatic carbocycles. The highest BCUT2D eigenvalue weighted by Gasteiger charge is 2.27. The molecule has 0 unspecified atom stereocenters. The summed E-state index contributed by atoms with van der Waals surface area (Å²) >= 11 is 0. The number of hydrogen-bond donors (Lipinski definition) is 5. The molecule has 0 saturated carbocycles. The molecule has 2 aromatic rings. The molecule has 40 heavy (non-hydrogen) atoms. The zero-order valence-electron chi connectivity index (χ0n) is 23.7. The van der Waals surface area contributed by atoms with Crippen LogP contribution in [0.4, 0.5) is 31.5 Å². The second-order valence-corrected chi connectivity index (χ2v) is 11.9. The van der Waals surface area contributed by atoms with Crippen molar-refractivity contribution in [3.05, 3.63) is 58.1 Å². The third-order valence-corrected chi connectivity index (χ3v) is 6.82. The highest BCUT2D eigenvalue weighted by atomic mass is 19.1. The first-order chi connectivity index (χ1) is 18.6. The summed E-state index contributed by atoms with van der Waals surface area (Å²) in [4.78, 5) is 13.9. The van der Waals surface area contributed by atoms with Gasteiger partial charge in [-0.1, -0.05) is 0 Å². The van der Waals surface area contributed by atoms with E-state index < -0.39 is 21.9 Å². The van der Waals surface area contributed by atoms with Crippen LogP contribution in [0.15, 0.2) is 36.4 Å². The van der Waals surface area contributed by atoms with Crippen molar-refractivity contribution in [2.45, 2.75) is 63.8 Å². The maximum atomic E-state index is 14.0. The topological polar surface area (TPSA) is 140 Å². The Bertz CT molecular complexity index is 1150. The van der Waals surface area contributed by atoms with Crippen molar-refractivity contribution in [3.8, 4) is 0 Å². The number of non-ortho nitro benzene ring substituents is 1. The first-order valence-corrected chi connectivity index (χ1v) is 13.5. The van der Waals surface area contributed by atoms with Gasteiger partial charge in [-0.2, -0.15) is 0 Å². The highest BCUT2D eigenvalue weighted by molar-refractivity contribution is 5.55. The lowest BCUT2D eigenvalue weighted by Gasteiger charge is -2.23. The number of rotatable bonds is 9. The molecular formula is C28H42F2N6O4. The summed E-state index contributed by atoms with van der Waals surface area (Å²) in [5.74, 6) is -0.851. The Morgan fingerprint density at radius 1 is 0.900 bits per heavy atom. The summed E-state index contributed by atoms with van der Waals surface area (Å²) in [6.07, 6.45) is 1.78. The molecule has 6 N–H and O–H groups in total. The van der Waals surface area contributed by atoms with Crippen LogP contribution in [0.3, 0.4) is 0 Å². The quantitative estimate of drug-likeness (QED) is 0.177. The Kier molecular flexibility index (Phi) is 10.3. The molecule has 0 amide bonds. The second kappa shape index (κ2) is 13.1. The largest absolute Gasteiger partial charge is 0.399 e. The molecule has 2 fully saturated rings. The van der Waals surface area contributed by atoms with Crippen molar-refractivity contribution < 1.29 is 23.9 Å². The van der Waals surface area contributed by atoms with Crippen LogP contribution in [0.5, 0.6) is 0 Å². The van der Waals surface area contributed by atoms with Crippen molar-refractivity contribution in [3.63, 3.8) is 0 Å². The minimum absolute atomic E-state index is 0.172. The van der Waals surface area contributed by atoms with Gasteiger partial charge in [0, 0.05) is 63.1 Å². The second-order valence-electron chi connectivity index (χ2n) is 11.9. The van der Waals surface area contributed by atoms with E-state index in [0.29, 0.717) is 43.2 Å². The van der Waals surface area contributed by atoms with Gasteiger partial charge in [-0.25, -0.2) is 8.78 Å². The molecule has 2 aliphatic heterocycles. The number of anilines is 3. The molecule has 0 aromatic heterocycles. The van der Waals surface area contributed by atoms with Gasteiger partial charge in [-0.3, -0.25) is 10.1 Å². The number of benzene rings is 2. The summed E-state index contributed by atoms with van der Waals surface area (Å²) in [5.41, 5.74) is 5.22. The van der Waals surface area contributed by atoms with Crippen molar-refractivity contribution in [2.75, 3.05) is 54.8 Å². The van der Waals surface area contributed by atoms with E-state index in [4.69, 9.17) is 5.73 Å². The van der Waals surface area contributed by atoms with Gasteiger partial charge in [0.25, 0.3) is 5.69 Å². The number of nitro groups is 1. The van der Waals surface area contributed by atoms with Crippen LogP contribution in [0.1, 0.15) is 40.5 Å². The van der Waals surface area contributed by atoms with E-state index in [1.807, 2.05) is 9.80 Å². The van der Waals surface area contributed by atoms with Crippen LogP contribution in [0, 0.1) is 21.7 Å². The summed E-state index contributed by atoms with van der Waals surface area (Å²) in [6, 6.07) is 8.97. The number of nitrogens with two attached hydrogens (primary N) is 1. The lowest BCUT2D eigenvalue weighted by Crippen LogP contribution is -2.41. The van der Waals surface area contributed by atoms with E-state index in [1.165, 1.54) is 18.2 Å². The van der Waals surface area contributed by atoms with Crippen molar-refractivity contribution in [1.82, 2.24) is 10.6 Å². The van der Waals surface area contributed by atoms with E-state index in [9.17, 15) is 29.1 Å². The fourth-order valence-electron chi connectivity index (χ4n) is 4.73. The molecule has 4 rings (SSSR count). The summed E-state index contributed by atoms with van der Waals surface area (Å²) in [6.45, 7) is 10.8. The standard InChI is InChI=1S/C14H20FN3O3.C14H22FN3O/c1-14(2,19)9-16-10-5-6-17(8-10)13-4-3-11(18(20)21)7-12(13)15;1-14(2,19)9-17-11-5-6-18(8-11)13-4-3-10(16)7-12(13)15/h3-4,7,10,16,19H,5-6,8-9H2,1-2H3;3-4,7,11,17,19H,5-6,8-9,16H2,1-2H3/t10-;11-/m11/s1. The summed E-state index contributed by atoms with van der Waals surface area (Å²) < 4.78 is 27.8. The fourth-order valence-corrected chi connectivity index (χ4v) is 4.73. The van der Waals surface area contributed by atoms with E-state index >= 15 is 0 Å². The molecule has 0 bridgehead atoms. The van der Waals surface area contributed by atoms with Crippen LogP contribution in [0.25, 0.3) is 0 Å². The number of nitrogens with zero attached hydrogens (tertiary/aromatic N) is 3. The number of aliphatic hydroxyl groups is 2. The van der Waals surface area contributed by atoms with Crippen LogP contribution in [-0.2, 0) is 0 Å². The van der Waals surface area contributed by atoms with Gasteiger partial charge in [-0.05, 0) is 64.8 Å². The predicted octanol–water partition coefficient (Wildman–Crippen LogP) is 3.02. The van der Waals surface area contributed by atoms with Gasteiger partial charge in [0.15, 0.2) is 5.82 Å². The maximum absolute atomic E-state index is 14.0. The van der Waals surface area contributed by atoms with Crippen molar-refractivity contribution in [2.24, 2.45) is 0 Å². The highest BCUT2D eigenvalue weighted by Crippen LogP contribution is 2.27. The maximum Gasteiger partial charge on any atom is 0.272 e. The summed E-state index contributed by atoms with van der Waals surface area (Å²) in [7, 11) is 0. The summed E-state index contributed by atoms with van der Waals surface area (Å²) in [5, 5.41) is 36.5. The van der Waals surface area contributed by atoms with Gasteiger partial charge in [0.05, 0.1) is 33.6 Å². The zero-order chi connectivity index (χ0) is 29.7. The van der Waals surface area contributed by atoms with Crippen LogP contribution >= 0.6 is 0 Å². The Balaban J connectivity index is 0.000000222. The molecule has 2 heterocycles. The van der Waals surface area contributed by atoms with Gasteiger partial charge in [-0.15, -0.1) is 0 Å². The molecule has 10 nitrogen and oxygen atoms in total. The SMILES string of the molecule is CC(C)(O)CN[C@@H]1CCN(c2ccc(N)cc2F)C1.CC(C)(O)CN[C@@H]1CCN(c2ccc([N+](=O)[O-])cc2F)C1. The number of nitrogen functional groups attached to an aromatic ring is 1. The predicted molar refractivity (Wildman–Crippen MR) is 154 cm³/mol. The first kappa shape index (κ1) is 31.5. The molecular weight excluding hydrogens is 522 g/mol. The molecule has 0 aliphatic carbocycles. The monoisotopic (exact) mass is 564 g/mol. The number of nitro benzene ring substituents is 1.